The zero-order chi connectivity index (χ0) is 25.7. The molecule has 4 aromatic rings. The normalized spacial score (nSPS) is 11.6. The number of nitrogens with zero attached hydrogens (tertiary/aromatic N) is 2. The van der Waals surface area contributed by atoms with E-state index in [1.807, 2.05) is 12.1 Å². The molecule has 1 aromatic heterocycles. The van der Waals surface area contributed by atoms with Gasteiger partial charge >= 0.3 is 198 Å². The third kappa shape index (κ3) is 5.69. The molecule has 36 heavy (non-hydrogen) atoms. The van der Waals surface area contributed by atoms with Crippen LogP contribution in [0, 0.1) is 20.7 Å². The number of amides is 1. The average Bonchev–Trinajstić information content (AvgIpc) is 2.86. The van der Waals surface area contributed by atoms with E-state index < -0.39 is 60.8 Å². The fourth-order valence-electron chi connectivity index (χ4n) is 3.36. The van der Waals surface area contributed by atoms with E-state index in [-0.39, 0.29) is 16.5 Å². The minimum absolute atomic E-state index is 0.120. The minimum atomic E-state index is -1.29. The van der Waals surface area contributed by atoms with Crippen LogP contribution in [0.15, 0.2) is 72.8 Å². The third-order valence-electron chi connectivity index (χ3n) is 4.96. The number of rotatable bonds is 8. The first-order valence-electron chi connectivity index (χ1n) is 10.6. The molecule has 1 unspecified atom stereocenters. The Hall–Kier alpha value is -4.24. The van der Waals surface area contributed by atoms with Crippen molar-refractivity contribution in [1.29, 1.82) is 5.26 Å². The quantitative estimate of drug-likeness (QED) is 0.158. The van der Waals surface area contributed by atoms with Crippen LogP contribution in [0.5, 0.6) is 17.2 Å². The number of nitriles is 1. The molecule has 0 radical (unpaired) electrons. The van der Waals surface area contributed by atoms with Gasteiger partial charge in [-0.25, -0.2) is 0 Å². The number of hydrogen-bond acceptors (Lipinski definition) is 6. The summed E-state index contributed by atoms with van der Waals surface area (Å²) in [7, 11) is 0. The summed E-state index contributed by atoms with van der Waals surface area (Å²) in [5.41, 5.74) is -0.547. The number of halogens is 2. The first-order valence-corrected chi connectivity index (χ1v) is 12.9. The molecular formula is C26H18FIN3O5-. The van der Waals surface area contributed by atoms with E-state index in [2.05, 4.69) is 10.3 Å². The number of pyridine rings is 1. The second-order valence-corrected chi connectivity index (χ2v) is 10.7. The molecule has 1 amide bonds. The molecular weight excluding hydrogens is 580 g/mol. The number of para-hydroxylation sites is 1. The van der Waals surface area contributed by atoms with Crippen molar-refractivity contribution in [2.45, 2.75) is 10.5 Å². The van der Waals surface area contributed by atoms with Gasteiger partial charge < -0.3 is 0 Å². The summed E-state index contributed by atoms with van der Waals surface area (Å²) in [5.74, 6) is -2.01. The number of aromatic nitrogens is 1. The van der Waals surface area contributed by atoms with E-state index in [1.54, 1.807) is 36.4 Å². The molecule has 10 heteroatoms. The van der Waals surface area contributed by atoms with E-state index >= 15 is 0 Å². The van der Waals surface area contributed by atoms with E-state index in [1.165, 1.54) is 30.3 Å². The van der Waals surface area contributed by atoms with Crippen molar-refractivity contribution in [3.8, 4) is 23.3 Å². The number of carboxylic acid groups (broad SMARTS) is 1. The summed E-state index contributed by atoms with van der Waals surface area (Å²) in [6, 6.07) is 21.5. The van der Waals surface area contributed by atoms with Crippen molar-refractivity contribution in [3.05, 3.63) is 93.6 Å². The molecule has 4 rings (SSSR count). The van der Waals surface area contributed by atoms with E-state index in [0.717, 1.165) is 0 Å². The summed E-state index contributed by atoms with van der Waals surface area (Å²) in [6.07, 6.45) is -0.438. The van der Waals surface area contributed by atoms with Gasteiger partial charge in [-0.3, -0.25) is 0 Å². The van der Waals surface area contributed by atoms with Gasteiger partial charge in [-0.15, -0.1) is 0 Å². The molecule has 0 bridgehead atoms. The molecule has 0 saturated carbocycles. The maximum atomic E-state index is 14.1. The number of aromatic hydroxyl groups is 1. The first-order chi connectivity index (χ1) is 17.4. The average molecular weight is 598 g/mol. The Labute approximate surface area is 215 Å². The van der Waals surface area contributed by atoms with Crippen molar-refractivity contribution in [3.63, 3.8) is 0 Å². The Balaban J connectivity index is 1.64. The summed E-state index contributed by atoms with van der Waals surface area (Å²) in [5, 5.41) is 32.8. The fourth-order valence-corrected chi connectivity index (χ4v) is 6.10. The summed E-state index contributed by atoms with van der Waals surface area (Å²) < 4.78 is 19.4. The second-order valence-electron chi connectivity index (χ2n) is 7.45. The van der Waals surface area contributed by atoms with E-state index in [0.29, 0.717) is 15.1 Å². The summed E-state index contributed by atoms with van der Waals surface area (Å²) >= 11 is -1.29. The number of fused-ring (bicyclic) bond motifs is 1. The van der Waals surface area contributed by atoms with Gasteiger partial charge in [-0.05, 0) is 0 Å². The van der Waals surface area contributed by atoms with Gasteiger partial charge in [-0.2, -0.15) is 0 Å². The zero-order valence-corrected chi connectivity index (χ0v) is 20.6. The maximum absolute atomic E-state index is 14.1. The van der Waals surface area contributed by atoms with Crippen molar-refractivity contribution in [2.24, 2.45) is 0 Å². The molecule has 3 aromatic carbocycles. The molecule has 0 spiro atoms. The van der Waals surface area contributed by atoms with E-state index in [9.17, 15) is 29.5 Å². The molecule has 0 fully saturated rings. The van der Waals surface area contributed by atoms with Crippen LogP contribution in [0.4, 0.5) is 4.39 Å². The van der Waals surface area contributed by atoms with Crippen LogP contribution in [0.2, 0.25) is 0 Å². The van der Waals surface area contributed by atoms with Crippen LogP contribution in [0.3, 0.4) is 0 Å². The number of carboxylic acids is 1. The summed E-state index contributed by atoms with van der Waals surface area (Å²) in [4.78, 5) is 28.4. The number of benzene rings is 3. The van der Waals surface area contributed by atoms with Gasteiger partial charge in [-0.1, -0.05) is 18.2 Å². The van der Waals surface area contributed by atoms with Crippen LogP contribution in [-0.2, 0) is 4.79 Å². The molecule has 1 atom stereocenters. The summed E-state index contributed by atoms with van der Waals surface area (Å²) in [6.45, 7) is 0. The predicted octanol–water partition coefficient (Wildman–Crippen LogP) is 1.23. The number of nitrogens with one attached hydrogen (secondary N) is 1. The van der Waals surface area contributed by atoms with Gasteiger partial charge in [0.05, 0.1) is 0 Å². The van der Waals surface area contributed by atoms with Crippen molar-refractivity contribution >= 4 is 22.6 Å². The van der Waals surface area contributed by atoms with Gasteiger partial charge in [0, 0.05) is 0 Å². The molecule has 0 saturated heterocycles. The Kier molecular flexibility index (Phi) is 7.60. The third-order valence-corrected chi connectivity index (χ3v) is 8.01. The predicted molar refractivity (Wildman–Crippen MR) is 123 cm³/mol. The zero-order valence-electron chi connectivity index (χ0n) is 18.5. The molecule has 1 heterocycles. The Morgan fingerprint density at radius 2 is 1.78 bits per heavy atom. The van der Waals surface area contributed by atoms with Crippen molar-refractivity contribution in [2.75, 3.05) is 0 Å². The monoisotopic (exact) mass is 598 g/mol. The number of carbonyl (C=O) groups excluding carboxylic acids is 1. The number of hydrogen-bond donors (Lipinski definition) is 3. The van der Waals surface area contributed by atoms with Gasteiger partial charge in [0.25, 0.3) is 0 Å². The number of aliphatic carboxylic acids is 1. The van der Waals surface area contributed by atoms with Crippen molar-refractivity contribution < 1.29 is 50.1 Å². The van der Waals surface area contributed by atoms with Gasteiger partial charge in [0.2, 0.25) is 0 Å². The molecule has 0 aliphatic heterocycles. The van der Waals surface area contributed by atoms with E-state index in [4.69, 9.17) is 4.74 Å². The Bertz CT molecular complexity index is 1490. The standard InChI is InChI=1S/C26H18FIN3O5/c27-19-8-4-5-9-20(19)28-22(13-23(32)33)31-26(35)24-25(34)17-11-10-16(12-18(17)21(14-29)30-24)36-15-6-2-1-3-7-15/h1-12,22,34H,13H2,(H,31,35)(H,32,33)/q-1. The van der Waals surface area contributed by atoms with Crippen LogP contribution in [-0.4, -0.2) is 31.1 Å². The van der Waals surface area contributed by atoms with Gasteiger partial charge in [0.15, 0.2) is 0 Å². The Morgan fingerprint density at radius 3 is 2.47 bits per heavy atom. The fraction of sp³-hybridized carbons (Fsp3) is 0.0769. The van der Waals surface area contributed by atoms with Crippen LogP contribution in [0.25, 0.3) is 10.8 Å². The van der Waals surface area contributed by atoms with Crippen LogP contribution < -0.4 is 31.3 Å². The topological polar surface area (TPSA) is 133 Å². The van der Waals surface area contributed by atoms with Gasteiger partial charge in [0.1, 0.15) is 0 Å². The molecule has 0 aliphatic carbocycles. The van der Waals surface area contributed by atoms with Crippen molar-refractivity contribution in [1.82, 2.24) is 10.3 Å². The van der Waals surface area contributed by atoms with Crippen LogP contribution >= 0.6 is 0 Å². The SMILES string of the molecule is N#Cc1nc(C(=O)NC(CC(=O)O)[I-]c2ccccc2F)c(O)c2ccc(Oc3ccccc3)cc12. The number of carbonyl (C=O) groups is 2. The number of alkyl halides is 1. The Morgan fingerprint density at radius 1 is 1.06 bits per heavy atom. The number of ether oxygens (including phenoxy) is 1. The molecule has 3 N–H and O–H groups in total. The molecule has 0 aliphatic rings. The molecule has 8 nitrogen and oxygen atoms in total. The molecule has 182 valence electrons. The first kappa shape index (κ1) is 24.9. The second kappa shape index (κ2) is 11.0. The van der Waals surface area contributed by atoms with Crippen LogP contribution in [0.1, 0.15) is 22.6 Å².